The summed E-state index contributed by atoms with van der Waals surface area (Å²) in [5.41, 5.74) is 1.14. The fourth-order valence-electron chi connectivity index (χ4n) is 3.71. The van der Waals surface area contributed by atoms with Crippen LogP contribution >= 0.6 is 0 Å². The number of aliphatic hydroxyl groups is 1. The zero-order valence-corrected chi connectivity index (χ0v) is 15.2. The molecule has 0 bridgehead atoms. The quantitative estimate of drug-likeness (QED) is 0.357. The molecule has 1 aliphatic rings. The Morgan fingerprint density at radius 2 is 1.89 bits per heavy atom. The average Bonchev–Trinajstić information content (AvgIpc) is 2.64. The molecule has 158 valence electrons. The molecule has 1 aliphatic carbocycles. The van der Waals surface area contributed by atoms with Crippen LogP contribution in [-0.4, -0.2) is 28.2 Å². The van der Waals surface area contributed by atoms with Crippen molar-refractivity contribution in [2.24, 2.45) is 11.8 Å². The van der Waals surface area contributed by atoms with Crippen molar-refractivity contribution >= 4 is 5.91 Å². The molecule has 3 N–H and O–H groups in total. The smallest absolute Gasteiger partial charge is 0.393 e. The summed E-state index contributed by atoms with van der Waals surface area (Å²) < 4.78 is 64.9. The van der Waals surface area contributed by atoms with Crippen LogP contribution in [0.5, 0.6) is 0 Å². The maximum Gasteiger partial charge on any atom is 0.416 e. The lowest BCUT2D eigenvalue weighted by molar-refractivity contribution is -0.139. The summed E-state index contributed by atoms with van der Waals surface area (Å²) in [4.78, 5) is 12.0. The van der Waals surface area contributed by atoms with Gasteiger partial charge in [0.05, 0.1) is 11.7 Å². The van der Waals surface area contributed by atoms with Gasteiger partial charge in [-0.15, -0.1) is 0 Å². The molecule has 4 nitrogen and oxygen atoms in total. The van der Waals surface area contributed by atoms with Crippen molar-refractivity contribution < 1.29 is 37.1 Å². The minimum absolute atomic E-state index is 0.0540. The van der Waals surface area contributed by atoms with Crippen molar-refractivity contribution in [1.29, 1.82) is 0 Å². The number of alkyl halides is 5. The molecule has 0 aliphatic heterocycles. The van der Waals surface area contributed by atoms with Gasteiger partial charge in [-0.3, -0.25) is 10.0 Å². The van der Waals surface area contributed by atoms with Crippen LogP contribution in [0.2, 0.25) is 0 Å². The predicted molar refractivity (Wildman–Crippen MR) is 90.7 cm³/mol. The molecule has 1 aromatic rings. The lowest BCUT2D eigenvalue weighted by atomic mass is 9.75. The Bertz CT molecular complexity index is 655. The van der Waals surface area contributed by atoms with Gasteiger partial charge in [-0.05, 0) is 49.7 Å². The maximum absolute atomic E-state index is 13.3. The Balaban J connectivity index is 1.95. The first kappa shape index (κ1) is 22.5. The Kier molecular flexibility index (Phi) is 7.39. The third-order valence-electron chi connectivity index (χ3n) is 5.32. The number of benzene rings is 1. The molecule has 28 heavy (non-hydrogen) atoms. The summed E-state index contributed by atoms with van der Waals surface area (Å²) in [5.74, 6) is -4.74. The van der Waals surface area contributed by atoms with E-state index in [-0.39, 0.29) is 44.9 Å². The van der Waals surface area contributed by atoms with E-state index in [4.69, 9.17) is 5.21 Å². The number of halogens is 5. The number of hydrogen-bond acceptors (Lipinski definition) is 3. The first-order valence-corrected chi connectivity index (χ1v) is 9.18. The summed E-state index contributed by atoms with van der Waals surface area (Å²) >= 11 is 0. The third kappa shape index (κ3) is 6.41. The highest BCUT2D eigenvalue weighted by Crippen LogP contribution is 2.40. The van der Waals surface area contributed by atoms with Crippen LogP contribution in [0.1, 0.15) is 49.7 Å². The standard InChI is InChI=1S/C19H24F5NO3/c20-18(21)8-6-13(7-9-18)16(17(27)25-28)11-15(26)5-4-12-2-1-3-14(10-12)19(22,23)24/h1-3,10,13,15-16,26,28H,4-9,11H2,(H,25,27). The van der Waals surface area contributed by atoms with Gasteiger partial charge in [-0.1, -0.05) is 18.2 Å². The normalized spacial score (nSPS) is 19.8. The molecule has 2 atom stereocenters. The number of aliphatic hydroxyl groups excluding tert-OH is 1. The SMILES string of the molecule is O=C(NO)C(CC(O)CCc1cccc(C(F)(F)F)c1)C1CCC(F)(F)CC1. The second-order valence-corrected chi connectivity index (χ2v) is 7.40. The Morgan fingerprint density at radius 3 is 2.46 bits per heavy atom. The van der Waals surface area contributed by atoms with Crippen molar-refractivity contribution in [2.75, 3.05) is 0 Å². The number of hydroxylamine groups is 1. The monoisotopic (exact) mass is 409 g/mol. The minimum Gasteiger partial charge on any atom is -0.393 e. The highest BCUT2D eigenvalue weighted by molar-refractivity contribution is 5.77. The number of carbonyl (C=O) groups is 1. The van der Waals surface area contributed by atoms with Gasteiger partial charge in [0.2, 0.25) is 11.8 Å². The van der Waals surface area contributed by atoms with Gasteiger partial charge in [0, 0.05) is 18.8 Å². The molecular formula is C19H24F5NO3. The third-order valence-corrected chi connectivity index (χ3v) is 5.32. The molecule has 0 heterocycles. The average molecular weight is 409 g/mol. The lowest BCUT2D eigenvalue weighted by Gasteiger charge is -2.33. The lowest BCUT2D eigenvalue weighted by Crippen LogP contribution is -2.38. The fraction of sp³-hybridized carbons (Fsp3) is 0.632. The van der Waals surface area contributed by atoms with Crippen LogP contribution in [0.25, 0.3) is 0 Å². The van der Waals surface area contributed by atoms with E-state index in [9.17, 15) is 31.9 Å². The zero-order chi connectivity index (χ0) is 20.9. The number of rotatable bonds is 7. The highest BCUT2D eigenvalue weighted by Gasteiger charge is 2.40. The van der Waals surface area contributed by atoms with Gasteiger partial charge in [0.1, 0.15) is 0 Å². The fourth-order valence-corrected chi connectivity index (χ4v) is 3.71. The molecule has 0 saturated heterocycles. The molecule has 1 fully saturated rings. The Hall–Kier alpha value is -1.74. The number of aryl methyl sites for hydroxylation is 1. The topological polar surface area (TPSA) is 69.6 Å². The highest BCUT2D eigenvalue weighted by atomic mass is 19.4. The van der Waals surface area contributed by atoms with Gasteiger partial charge in [-0.25, -0.2) is 14.3 Å². The largest absolute Gasteiger partial charge is 0.416 e. The second kappa shape index (κ2) is 9.17. The maximum atomic E-state index is 13.3. The van der Waals surface area contributed by atoms with Crippen molar-refractivity contribution in [3.63, 3.8) is 0 Å². The molecule has 0 radical (unpaired) electrons. The molecule has 1 amide bonds. The van der Waals surface area contributed by atoms with E-state index in [2.05, 4.69) is 0 Å². The van der Waals surface area contributed by atoms with Crippen LogP contribution in [0, 0.1) is 11.8 Å². The van der Waals surface area contributed by atoms with Crippen LogP contribution in [0.4, 0.5) is 22.0 Å². The van der Waals surface area contributed by atoms with E-state index in [1.54, 1.807) is 0 Å². The van der Waals surface area contributed by atoms with Gasteiger partial charge in [0.15, 0.2) is 0 Å². The van der Waals surface area contributed by atoms with E-state index < -0.39 is 41.5 Å². The van der Waals surface area contributed by atoms with Crippen molar-refractivity contribution in [2.45, 2.75) is 63.1 Å². The van der Waals surface area contributed by atoms with E-state index in [1.807, 2.05) is 0 Å². The Labute approximate surface area is 159 Å². The molecular weight excluding hydrogens is 385 g/mol. The minimum atomic E-state index is -4.46. The molecule has 1 saturated carbocycles. The molecule has 2 rings (SSSR count). The molecule has 9 heteroatoms. The van der Waals surface area contributed by atoms with E-state index in [0.717, 1.165) is 12.1 Å². The second-order valence-electron chi connectivity index (χ2n) is 7.40. The van der Waals surface area contributed by atoms with Crippen molar-refractivity contribution in [3.05, 3.63) is 35.4 Å². The zero-order valence-electron chi connectivity index (χ0n) is 15.2. The summed E-state index contributed by atoms with van der Waals surface area (Å²) in [5, 5.41) is 19.2. The first-order valence-electron chi connectivity index (χ1n) is 9.18. The van der Waals surface area contributed by atoms with Crippen LogP contribution in [-0.2, 0) is 17.4 Å². The summed E-state index contributed by atoms with van der Waals surface area (Å²) in [6, 6.07) is 4.77. The predicted octanol–water partition coefficient (Wildman–Crippen LogP) is 4.34. The summed E-state index contributed by atoms with van der Waals surface area (Å²) in [6.45, 7) is 0. The number of amides is 1. The number of hydrogen-bond donors (Lipinski definition) is 3. The van der Waals surface area contributed by atoms with E-state index >= 15 is 0 Å². The molecule has 2 unspecified atom stereocenters. The van der Waals surface area contributed by atoms with E-state index in [1.165, 1.54) is 17.6 Å². The molecule has 0 spiro atoms. The molecule has 1 aromatic carbocycles. The van der Waals surface area contributed by atoms with Crippen LogP contribution < -0.4 is 5.48 Å². The summed E-state index contributed by atoms with van der Waals surface area (Å²) in [6.07, 6.45) is -5.75. The number of carbonyl (C=O) groups excluding carboxylic acids is 1. The van der Waals surface area contributed by atoms with Gasteiger partial charge < -0.3 is 5.11 Å². The van der Waals surface area contributed by atoms with E-state index in [0.29, 0.717) is 5.56 Å². The van der Waals surface area contributed by atoms with Gasteiger partial charge in [-0.2, -0.15) is 13.2 Å². The van der Waals surface area contributed by atoms with Gasteiger partial charge >= 0.3 is 6.18 Å². The van der Waals surface area contributed by atoms with Crippen molar-refractivity contribution in [3.8, 4) is 0 Å². The van der Waals surface area contributed by atoms with Gasteiger partial charge in [0.25, 0.3) is 0 Å². The Morgan fingerprint density at radius 1 is 1.25 bits per heavy atom. The first-order chi connectivity index (χ1) is 13.0. The van der Waals surface area contributed by atoms with Crippen molar-refractivity contribution in [1.82, 2.24) is 5.48 Å². The van der Waals surface area contributed by atoms with Crippen LogP contribution in [0.15, 0.2) is 24.3 Å². The molecule has 0 aromatic heterocycles. The summed E-state index contributed by atoms with van der Waals surface area (Å²) in [7, 11) is 0. The van der Waals surface area contributed by atoms with Crippen LogP contribution in [0.3, 0.4) is 0 Å². The number of nitrogens with one attached hydrogen (secondary N) is 1.